The number of carbonyl (C=O) groups excluding carboxylic acids is 1. The van der Waals surface area contributed by atoms with Gasteiger partial charge < -0.3 is 10.6 Å². The summed E-state index contributed by atoms with van der Waals surface area (Å²) in [5, 5.41) is 7.67. The van der Waals surface area contributed by atoms with Crippen LogP contribution in [-0.2, 0) is 4.79 Å². The summed E-state index contributed by atoms with van der Waals surface area (Å²) in [6, 6.07) is 17.5. The number of aromatic nitrogens is 2. The van der Waals surface area contributed by atoms with Gasteiger partial charge in [0, 0.05) is 22.2 Å². The molecule has 2 N–H and O–H groups in total. The predicted molar refractivity (Wildman–Crippen MR) is 128 cm³/mol. The molecule has 0 atom stereocenters. The first-order valence-electron chi connectivity index (χ1n) is 9.78. The molecule has 0 spiro atoms. The highest BCUT2D eigenvalue weighted by Crippen LogP contribution is 2.33. The summed E-state index contributed by atoms with van der Waals surface area (Å²) in [6.07, 6.45) is 3.01. The van der Waals surface area contributed by atoms with Crippen LogP contribution in [0.25, 0.3) is 22.0 Å². The van der Waals surface area contributed by atoms with Crippen LogP contribution < -0.4 is 10.6 Å². The monoisotopic (exact) mass is 428 g/mol. The average Bonchev–Trinajstić information content (AvgIpc) is 2.76. The highest BCUT2D eigenvalue weighted by Gasteiger charge is 2.11. The lowest BCUT2D eigenvalue weighted by molar-refractivity contribution is -0.111. The highest BCUT2D eigenvalue weighted by atomic mass is 35.5. The first-order chi connectivity index (χ1) is 15.0. The third kappa shape index (κ3) is 4.27. The van der Waals surface area contributed by atoms with E-state index < -0.39 is 0 Å². The standard InChI is InChI=1S/C25H21ClN4O/c1-4-22(31)28-21-10-6-8-16(3)24(21)30-25-27-14-18-13-17(11-12-20(18)29-25)23-15(2)7-5-9-19(23)26/h4-14H,1H2,2-3H3,(H,28,31)(H,27,29,30). The van der Waals surface area contributed by atoms with Gasteiger partial charge in [-0.1, -0.05) is 48.5 Å². The van der Waals surface area contributed by atoms with Crippen LogP contribution >= 0.6 is 11.6 Å². The van der Waals surface area contributed by atoms with E-state index in [0.29, 0.717) is 16.7 Å². The Hall–Kier alpha value is -3.70. The number of halogens is 1. The van der Waals surface area contributed by atoms with E-state index in [9.17, 15) is 4.79 Å². The number of anilines is 3. The Bertz CT molecular complexity index is 1300. The van der Waals surface area contributed by atoms with Crippen LogP contribution in [0.3, 0.4) is 0 Å². The Morgan fingerprint density at radius 3 is 2.61 bits per heavy atom. The maximum absolute atomic E-state index is 11.8. The van der Waals surface area contributed by atoms with E-state index in [-0.39, 0.29) is 5.91 Å². The molecule has 1 heterocycles. The number of benzene rings is 3. The van der Waals surface area contributed by atoms with Crippen molar-refractivity contribution in [3.63, 3.8) is 0 Å². The lowest BCUT2D eigenvalue weighted by atomic mass is 9.99. The molecule has 154 valence electrons. The molecule has 0 radical (unpaired) electrons. The molecule has 0 unspecified atom stereocenters. The number of amides is 1. The Morgan fingerprint density at radius 1 is 1.06 bits per heavy atom. The van der Waals surface area contributed by atoms with Crippen molar-refractivity contribution in [3.05, 3.63) is 89.6 Å². The molecule has 0 saturated heterocycles. The number of fused-ring (bicyclic) bond motifs is 1. The topological polar surface area (TPSA) is 66.9 Å². The van der Waals surface area contributed by atoms with E-state index >= 15 is 0 Å². The molecule has 0 aliphatic rings. The zero-order chi connectivity index (χ0) is 22.0. The molecule has 4 aromatic rings. The zero-order valence-corrected chi connectivity index (χ0v) is 18.0. The molecule has 0 aliphatic carbocycles. The van der Waals surface area contributed by atoms with Crippen molar-refractivity contribution in [1.82, 2.24) is 9.97 Å². The predicted octanol–water partition coefficient (Wildman–Crippen LogP) is 6.44. The first kappa shape index (κ1) is 20.6. The average molecular weight is 429 g/mol. The smallest absolute Gasteiger partial charge is 0.247 e. The molecule has 1 amide bonds. The third-order valence-corrected chi connectivity index (χ3v) is 5.36. The van der Waals surface area contributed by atoms with Crippen molar-refractivity contribution in [3.8, 4) is 11.1 Å². The van der Waals surface area contributed by atoms with Crippen molar-refractivity contribution in [1.29, 1.82) is 0 Å². The lowest BCUT2D eigenvalue weighted by Gasteiger charge is -2.14. The van der Waals surface area contributed by atoms with Gasteiger partial charge in [-0.05, 0) is 60.9 Å². The molecule has 0 bridgehead atoms. The summed E-state index contributed by atoms with van der Waals surface area (Å²) in [5.41, 5.74) is 6.27. The molecule has 6 heteroatoms. The SMILES string of the molecule is C=CC(=O)Nc1cccc(C)c1Nc1ncc2cc(-c3c(C)cccc3Cl)ccc2n1. The van der Waals surface area contributed by atoms with E-state index in [1.165, 1.54) is 6.08 Å². The summed E-state index contributed by atoms with van der Waals surface area (Å²) in [7, 11) is 0. The van der Waals surface area contributed by atoms with Crippen LogP contribution in [0.15, 0.2) is 73.4 Å². The van der Waals surface area contributed by atoms with E-state index in [1.54, 1.807) is 6.20 Å². The molecular formula is C25H21ClN4O. The molecule has 5 nitrogen and oxygen atoms in total. The molecule has 0 fully saturated rings. The van der Waals surface area contributed by atoms with E-state index in [2.05, 4.69) is 27.2 Å². The van der Waals surface area contributed by atoms with Crippen molar-refractivity contribution >= 4 is 45.7 Å². The third-order valence-electron chi connectivity index (χ3n) is 5.04. The second kappa shape index (κ2) is 8.58. The van der Waals surface area contributed by atoms with Gasteiger partial charge in [-0.3, -0.25) is 4.79 Å². The normalized spacial score (nSPS) is 10.7. The summed E-state index contributed by atoms with van der Waals surface area (Å²) in [6.45, 7) is 7.49. The maximum atomic E-state index is 11.8. The minimum Gasteiger partial charge on any atom is -0.322 e. The van der Waals surface area contributed by atoms with Crippen molar-refractivity contribution in [2.45, 2.75) is 13.8 Å². The second-order valence-electron chi connectivity index (χ2n) is 7.21. The van der Waals surface area contributed by atoms with E-state index in [0.717, 1.165) is 38.8 Å². The van der Waals surface area contributed by atoms with Gasteiger partial charge in [0.25, 0.3) is 0 Å². The van der Waals surface area contributed by atoms with Crippen LogP contribution in [0, 0.1) is 13.8 Å². The van der Waals surface area contributed by atoms with Crippen LogP contribution in [0.5, 0.6) is 0 Å². The van der Waals surface area contributed by atoms with Gasteiger partial charge in [0.05, 0.1) is 16.9 Å². The molecule has 4 rings (SSSR count). The van der Waals surface area contributed by atoms with E-state index in [4.69, 9.17) is 11.6 Å². The first-order valence-corrected chi connectivity index (χ1v) is 10.2. The van der Waals surface area contributed by atoms with Gasteiger partial charge in [0.15, 0.2) is 0 Å². The van der Waals surface area contributed by atoms with Crippen LogP contribution in [0.4, 0.5) is 17.3 Å². The minimum atomic E-state index is -0.282. The molecule has 3 aromatic carbocycles. The van der Waals surface area contributed by atoms with Gasteiger partial charge in [0.1, 0.15) is 0 Å². The number of nitrogens with one attached hydrogen (secondary N) is 2. The van der Waals surface area contributed by atoms with Gasteiger partial charge >= 0.3 is 0 Å². The summed E-state index contributed by atoms with van der Waals surface area (Å²) >= 11 is 6.43. The van der Waals surface area contributed by atoms with Crippen LogP contribution in [-0.4, -0.2) is 15.9 Å². The van der Waals surface area contributed by atoms with Crippen molar-refractivity contribution in [2.75, 3.05) is 10.6 Å². The Morgan fingerprint density at radius 2 is 1.84 bits per heavy atom. The number of hydrogen-bond acceptors (Lipinski definition) is 4. The van der Waals surface area contributed by atoms with Gasteiger partial charge in [-0.25, -0.2) is 9.97 Å². The Balaban J connectivity index is 1.69. The maximum Gasteiger partial charge on any atom is 0.247 e. The van der Waals surface area contributed by atoms with Gasteiger partial charge in [-0.15, -0.1) is 0 Å². The summed E-state index contributed by atoms with van der Waals surface area (Å²) in [4.78, 5) is 20.9. The Kier molecular flexibility index (Phi) is 5.69. The van der Waals surface area contributed by atoms with Gasteiger partial charge in [-0.2, -0.15) is 0 Å². The molecule has 1 aromatic heterocycles. The van der Waals surface area contributed by atoms with Crippen molar-refractivity contribution in [2.24, 2.45) is 0 Å². The number of nitrogens with zero attached hydrogens (tertiary/aromatic N) is 2. The van der Waals surface area contributed by atoms with Crippen LogP contribution in [0.2, 0.25) is 5.02 Å². The zero-order valence-electron chi connectivity index (χ0n) is 17.2. The van der Waals surface area contributed by atoms with Crippen molar-refractivity contribution < 1.29 is 4.79 Å². The number of para-hydroxylation sites is 1. The van der Waals surface area contributed by atoms with E-state index in [1.807, 2.05) is 68.4 Å². The fourth-order valence-corrected chi connectivity index (χ4v) is 3.81. The lowest BCUT2D eigenvalue weighted by Crippen LogP contribution is -2.10. The molecule has 0 aliphatic heterocycles. The largest absolute Gasteiger partial charge is 0.322 e. The highest BCUT2D eigenvalue weighted by molar-refractivity contribution is 6.33. The number of hydrogen-bond donors (Lipinski definition) is 2. The summed E-state index contributed by atoms with van der Waals surface area (Å²) in [5.74, 6) is 0.160. The summed E-state index contributed by atoms with van der Waals surface area (Å²) < 4.78 is 0. The fraction of sp³-hybridized carbons (Fsp3) is 0.0800. The fourth-order valence-electron chi connectivity index (χ4n) is 3.48. The minimum absolute atomic E-state index is 0.282. The Labute approximate surface area is 185 Å². The number of carbonyl (C=O) groups is 1. The number of aryl methyl sites for hydroxylation is 2. The molecule has 31 heavy (non-hydrogen) atoms. The van der Waals surface area contributed by atoms with Gasteiger partial charge in [0.2, 0.25) is 11.9 Å². The second-order valence-corrected chi connectivity index (χ2v) is 7.62. The number of rotatable bonds is 5. The molecule has 0 saturated carbocycles. The quantitative estimate of drug-likeness (QED) is 0.359. The molecular weight excluding hydrogens is 408 g/mol. The van der Waals surface area contributed by atoms with Crippen LogP contribution in [0.1, 0.15) is 11.1 Å².